The smallest absolute Gasteiger partial charge is 0.0546 e. The molecule has 1 unspecified atom stereocenters. The van der Waals surface area contributed by atoms with E-state index in [0.717, 1.165) is 6.42 Å². The van der Waals surface area contributed by atoms with Gasteiger partial charge in [-0.25, -0.2) is 0 Å². The van der Waals surface area contributed by atoms with Crippen LogP contribution < -0.4 is 0 Å². The van der Waals surface area contributed by atoms with Gasteiger partial charge < -0.3 is 9.13 Å². The number of aromatic nitrogens is 2. The third kappa shape index (κ3) is 6.30. The summed E-state index contributed by atoms with van der Waals surface area (Å²) < 4.78 is 4.95. The molecule has 0 saturated heterocycles. The zero-order valence-electron chi connectivity index (χ0n) is 33.4. The molecular formula is C56H48N2. The van der Waals surface area contributed by atoms with Gasteiger partial charge in [0, 0.05) is 32.8 Å². The molecule has 10 rings (SSSR count). The molecule has 0 amide bonds. The fraction of sp³-hybridized carbons (Fsp3) is 0.143. The Labute approximate surface area is 341 Å². The van der Waals surface area contributed by atoms with Gasteiger partial charge in [0.25, 0.3) is 0 Å². The fourth-order valence-electron chi connectivity index (χ4n) is 9.37. The van der Waals surface area contributed by atoms with Crippen LogP contribution in [0.2, 0.25) is 0 Å². The molecule has 10 aromatic rings. The minimum absolute atomic E-state index is 0.576. The normalized spacial score (nSPS) is 12.2. The van der Waals surface area contributed by atoms with Crippen LogP contribution >= 0.6 is 0 Å². The number of hydrogen-bond acceptors (Lipinski definition) is 0. The third-order valence-electron chi connectivity index (χ3n) is 12.4. The molecule has 1 atom stereocenters. The molecule has 0 spiro atoms. The van der Waals surface area contributed by atoms with Crippen LogP contribution in [0.25, 0.3) is 88.4 Å². The van der Waals surface area contributed by atoms with E-state index in [2.05, 4.69) is 211 Å². The van der Waals surface area contributed by atoms with E-state index in [1.807, 2.05) is 0 Å². The van der Waals surface area contributed by atoms with Crippen molar-refractivity contribution < 1.29 is 0 Å². The molecule has 0 saturated carbocycles. The molecule has 0 N–H and O–H groups in total. The summed E-state index contributed by atoms with van der Waals surface area (Å²) in [5, 5.41) is 5.09. The van der Waals surface area contributed by atoms with Crippen molar-refractivity contribution in [1.29, 1.82) is 0 Å². The zero-order chi connectivity index (χ0) is 39.0. The van der Waals surface area contributed by atoms with Crippen molar-refractivity contribution in [3.8, 4) is 44.8 Å². The van der Waals surface area contributed by atoms with Crippen molar-refractivity contribution in [2.24, 2.45) is 0 Å². The van der Waals surface area contributed by atoms with Crippen LogP contribution in [0.1, 0.15) is 57.4 Å². The number of rotatable bonds is 11. The Hall–Kier alpha value is -6.64. The van der Waals surface area contributed by atoms with E-state index in [-0.39, 0.29) is 0 Å². The van der Waals surface area contributed by atoms with E-state index in [9.17, 15) is 0 Å². The topological polar surface area (TPSA) is 9.86 Å². The van der Waals surface area contributed by atoms with E-state index in [1.54, 1.807) is 0 Å². The van der Waals surface area contributed by atoms with Gasteiger partial charge in [0.2, 0.25) is 0 Å². The molecule has 0 aliphatic carbocycles. The molecule has 0 fully saturated rings. The van der Waals surface area contributed by atoms with Gasteiger partial charge in [0.15, 0.2) is 0 Å². The van der Waals surface area contributed by atoms with Gasteiger partial charge in [-0.3, -0.25) is 0 Å². The van der Waals surface area contributed by atoms with Crippen LogP contribution in [0, 0.1) is 0 Å². The Morgan fingerprint density at radius 1 is 0.397 bits per heavy atom. The highest BCUT2D eigenvalue weighted by atomic mass is 15.0. The lowest BCUT2D eigenvalue weighted by Gasteiger charge is -2.16. The number of hydrogen-bond donors (Lipinski definition) is 0. The summed E-state index contributed by atoms with van der Waals surface area (Å²) in [5.74, 6) is 0.576. The Balaban J connectivity index is 1.14. The van der Waals surface area contributed by atoms with E-state index in [0.29, 0.717) is 5.92 Å². The van der Waals surface area contributed by atoms with Crippen molar-refractivity contribution >= 4 is 43.6 Å². The van der Waals surface area contributed by atoms with Crippen LogP contribution in [0.15, 0.2) is 188 Å². The summed E-state index contributed by atoms with van der Waals surface area (Å²) in [5.41, 5.74) is 16.0. The third-order valence-corrected chi connectivity index (χ3v) is 12.4. The summed E-state index contributed by atoms with van der Waals surface area (Å²) >= 11 is 0. The van der Waals surface area contributed by atoms with Gasteiger partial charge in [0.1, 0.15) is 0 Å². The van der Waals surface area contributed by atoms with Gasteiger partial charge in [0.05, 0.1) is 27.8 Å². The lowest BCUT2D eigenvalue weighted by atomic mass is 9.90. The number of para-hydroxylation sites is 2. The Morgan fingerprint density at radius 2 is 0.966 bits per heavy atom. The minimum Gasteiger partial charge on any atom is -0.309 e. The molecule has 282 valence electrons. The van der Waals surface area contributed by atoms with E-state index >= 15 is 0 Å². The monoisotopic (exact) mass is 748 g/mol. The molecule has 2 heteroatoms. The summed E-state index contributed by atoms with van der Waals surface area (Å²) in [6.45, 7) is 4.64. The maximum atomic E-state index is 2.49. The molecule has 2 heterocycles. The molecule has 0 bridgehead atoms. The Morgan fingerprint density at radius 3 is 1.66 bits per heavy atom. The van der Waals surface area contributed by atoms with Crippen LogP contribution in [0.4, 0.5) is 0 Å². The predicted molar refractivity (Wildman–Crippen MR) is 249 cm³/mol. The highest BCUT2D eigenvalue weighted by molar-refractivity contribution is 6.13. The predicted octanol–water partition coefficient (Wildman–Crippen LogP) is 16.0. The quantitative estimate of drug-likeness (QED) is 0.117. The second-order valence-corrected chi connectivity index (χ2v) is 15.8. The van der Waals surface area contributed by atoms with Crippen molar-refractivity contribution in [1.82, 2.24) is 9.13 Å². The highest BCUT2D eigenvalue weighted by Gasteiger charge is 2.20. The lowest BCUT2D eigenvalue weighted by Crippen LogP contribution is -1.99. The van der Waals surface area contributed by atoms with Crippen molar-refractivity contribution in [2.45, 2.75) is 51.9 Å². The number of fused-ring (bicyclic) bond motifs is 6. The molecule has 0 aliphatic heterocycles. The summed E-state index contributed by atoms with van der Waals surface area (Å²) in [7, 11) is 0. The average Bonchev–Trinajstić information content (AvgIpc) is 3.80. The molecule has 8 aromatic carbocycles. The van der Waals surface area contributed by atoms with Crippen molar-refractivity contribution in [3.63, 3.8) is 0 Å². The van der Waals surface area contributed by atoms with Gasteiger partial charge in [-0.2, -0.15) is 0 Å². The first-order valence-electron chi connectivity index (χ1n) is 21.1. The molecule has 0 radical (unpaired) electrons. The number of benzene rings is 8. The van der Waals surface area contributed by atoms with Gasteiger partial charge >= 0.3 is 0 Å². The molecule has 0 aliphatic rings. The highest BCUT2D eigenvalue weighted by Crippen LogP contribution is 2.41. The maximum Gasteiger partial charge on any atom is 0.0546 e. The Bertz CT molecular complexity index is 3040. The average molecular weight is 749 g/mol. The Kier molecular flexibility index (Phi) is 9.47. The van der Waals surface area contributed by atoms with Crippen LogP contribution in [-0.4, -0.2) is 9.13 Å². The van der Waals surface area contributed by atoms with Crippen molar-refractivity contribution in [2.75, 3.05) is 0 Å². The van der Waals surface area contributed by atoms with Crippen LogP contribution in [-0.2, 0) is 0 Å². The minimum atomic E-state index is 0.576. The van der Waals surface area contributed by atoms with Gasteiger partial charge in [-0.05, 0) is 107 Å². The lowest BCUT2D eigenvalue weighted by molar-refractivity contribution is 0.554. The first-order valence-corrected chi connectivity index (χ1v) is 21.1. The summed E-state index contributed by atoms with van der Waals surface area (Å²) in [6, 6.07) is 69.6. The second kappa shape index (κ2) is 15.4. The summed E-state index contributed by atoms with van der Waals surface area (Å²) in [6.07, 6.45) is 6.25. The standard InChI is InChI=1S/C56H48N2/c1-3-5-9-18-39(4-2)44-28-32-49-51-36-42(29-33-53(51)57(56(49)37-44)46-23-14-8-15-24-46)43-30-34-54-50(35-43)48-25-16-17-26-52(48)58(54)55-38-45(40-19-10-6-11-20-40)27-31-47(55)41-21-12-7-13-22-41/h6-8,10-17,19-39H,3-5,9,18H2,1-2H3. The fourth-order valence-corrected chi connectivity index (χ4v) is 9.37. The van der Waals surface area contributed by atoms with Gasteiger partial charge in [-0.15, -0.1) is 0 Å². The zero-order valence-corrected chi connectivity index (χ0v) is 33.4. The molecule has 2 aromatic heterocycles. The maximum absolute atomic E-state index is 2.49. The molecule has 2 nitrogen and oxygen atoms in total. The number of unbranched alkanes of at least 4 members (excludes halogenated alkanes) is 2. The molecular weight excluding hydrogens is 701 g/mol. The first-order chi connectivity index (χ1) is 28.7. The SMILES string of the molecule is CCCCCC(CC)c1ccc2c3cc(-c4ccc5c(c4)c4ccccc4n5-c4cc(-c5ccccc5)ccc4-c4ccccc4)ccc3n(-c3ccccc3)c2c1. The molecule has 58 heavy (non-hydrogen) atoms. The van der Waals surface area contributed by atoms with E-state index in [4.69, 9.17) is 0 Å². The second-order valence-electron chi connectivity index (χ2n) is 15.8. The number of nitrogens with zero attached hydrogens (tertiary/aromatic N) is 2. The summed E-state index contributed by atoms with van der Waals surface area (Å²) in [4.78, 5) is 0. The van der Waals surface area contributed by atoms with Gasteiger partial charge in [-0.1, -0.05) is 167 Å². The van der Waals surface area contributed by atoms with Crippen LogP contribution in [0.3, 0.4) is 0 Å². The largest absolute Gasteiger partial charge is 0.309 e. The van der Waals surface area contributed by atoms with Crippen LogP contribution in [0.5, 0.6) is 0 Å². The van der Waals surface area contributed by atoms with Crippen molar-refractivity contribution in [3.05, 3.63) is 194 Å². The van der Waals surface area contributed by atoms with E-state index in [1.165, 1.54) is 120 Å². The first kappa shape index (κ1) is 35.8. The van der Waals surface area contributed by atoms with E-state index < -0.39 is 0 Å².